The molecule has 39 heavy (non-hydrogen) atoms. The Labute approximate surface area is 239 Å². The summed E-state index contributed by atoms with van der Waals surface area (Å²) in [5.74, 6) is -0.908. The first-order valence-corrected chi connectivity index (χ1v) is 11.9. The molecule has 219 valence electrons. The van der Waals surface area contributed by atoms with Gasteiger partial charge in [0.05, 0.1) is 6.61 Å². The normalized spacial score (nSPS) is 23.2. The summed E-state index contributed by atoms with van der Waals surface area (Å²) in [5.41, 5.74) is 1.85. The first-order chi connectivity index (χ1) is 17.1. The third kappa shape index (κ3) is 9.63. The molecule has 1 aliphatic rings. The number of phenols is 1. The zero-order chi connectivity index (χ0) is 28.1. The summed E-state index contributed by atoms with van der Waals surface area (Å²) in [6, 6.07) is 7.42. The fourth-order valence-corrected chi connectivity index (χ4v) is 3.66. The number of phenolic OH excluding ortho intramolecular Hbond substituents is 1. The zero-order valence-corrected chi connectivity index (χ0v) is 24.1. The van der Waals surface area contributed by atoms with E-state index in [-0.39, 0.29) is 44.8 Å². The molecule has 0 spiro atoms. The van der Waals surface area contributed by atoms with Gasteiger partial charge in [0, 0.05) is 40.6 Å². The minimum absolute atomic E-state index is 0. The van der Waals surface area contributed by atoms with E-state index in [1.54, 1.807) is 12.1 Å². The molecule has 11 nitrogen and oxygen atoms in total. The number of aliphatic imine (C=N–C) groups is 1. The minimum atomic E-state index is -1.48. The van der Waals surface area contributed by atoms with E-state index in [1.165, 1.54) is 18.5 Å². The first-order valence-electron chi connectivity index (χ1n) is 11.9. The summed E-state index contributed by atoms with van der Waals surface area (Å²) in [4.78, 5) is 17.9. The Balaban J connectivity index is 0.00000112. The number of hydrogen-bond donors (Lipinski definition) is 6. The van der Waals surface area contributed by atoms with Gasteiger partial charge in [0.15, 0.2) is 6.29 Å². The molecular weight excluding hydrogens is 551 g/mol. The molecule has 1 aromatic heterocycles. The molecule has 5 atom stereocenters. The predicted octanol–water partition coefficient (Wildman–Crippen LogP) is 1.16. The first kappa shape index (κ1) is 36.6. The number of benzene rings is 1. The van der Waals surface area contributed by atoms with Crippen molar-refractivity contribution in [1.82, 2.24) is 4.98 Å². The number of hydrogen-bond acceptors (Lipinski definition) is 9. The molecule has 0 aliphatic carbocycles. The Hall–Kier alpha value is -2.41. The van der Waals surface area contributed by atoms with E-state index in [2.05, 4.69) is 30.7 Å². The fourth-order valence-electron chi connectivity index (χ4n) is 3.66. The van der Waals surface area contributed by atoms with Crippen molar-refractivity contribution in [3.05, 3.63) is 58.9 Å². The maximum Gasteiger partial charge on any atom is 0.354 e. The van der Waals surface area contributed by atoms with Crippen molar-refractivity contribution < 1.29 is 62.7 Å². The molecule has 3 rings (SSSR count). The second-order valence-corrected chi connectivity index (χ2v) is 11.0. The van der Waals surface area contributed by atoms with Gasteiger partial charge in [-0.05, 0) is 34.6 Å². The summed E-state index contributed by atoms with van der Waals surface area (Å²) < 4.78 is 5.12. The van der Waals surface area contributed by atoms with Crippen LogP contribution < -0.4 is 0 Å². The van der Waals surface area contributed by atoms with Gasteiger partial charge in [0.25, 0.3) is 0 Å². The monoisotopic (exact) mass is 591 g/mol. The van der Waals surface area contributed by atoms with Gasteiger partial charge >= 0.3 is 5.97 Å². The standard InChI is InChI=1S/C21H33NO6.C6H5NO2.Mn.H2O/c1-20(2,3)12-7-11(16(24)13(8-12)21(4,5)6)9-22-15-18(26)17(25)14(10-23)28-19(15)27;8-6(9)5-3-1-2-4-7-5;;/h7-9,14-15,17-19,23-27H,10H2,1-6H3;1-4H,(H,8,9);;1H2/t14-,15?,17+,18?,19+;;;/m0.../s1. The molecule has 0 saturated carbocycles. The summed E-state index contributed by atoms with van der Waals surface area (Å²) >= 11 is 0. The van der Waals surface area contributed by atoms with Crippen LogP contribution in [-0.2, 0) is 32.6 Å². The smallest absolute Gasteiger partial charge is 0.354 e. The number of rotatable bonds is 4. The molecule has 8 N–H and O–H groups in total. The molecule has 2 aromatic rings. The average molecular weight is 592 g/mol. The van der Waals surface area contributed by atoms with Crippen LogP contribution in [0.1, 0.15) is 68.7 Å². The van der Waals surface area contributed by atoms with E-state index in [9.17, 15) is 25.2 Å². The van der Waals surface area contributed by atoms with Crippen molar-refractivity contribution in [2.75, 3.05) is 6.61 Å². The number of aliphatic hydroxyl groups excluding tert-OH is 4. The molecule has 0 amide bonds. The number of aromatic carboxylic acids is 1. The Bertz CT molecular complexity index is 1090. The van der Waals surface area contributed by atoms with Crippen LogP contribution in [0, 0.1) is 0 Å². The molecular formula is C27H40MnN2O9. The summed E-state index contributed by atoms with van der Waals surface area (Å²) in [7, 11) is 0. The number of ether oxygens (including phenoxy) is 1. The number of nitrogens with zero attached hydrogens (tertiary/aromatic N) is 2. The molecule has 1 aliphatic heterocycles. The van der Waals surface area contributed by atoms with Gasteiger partial charge in [-0.15, -0.1) is 0 Å². The van der Waals surface area contributed by atoms with E-state index < -0.39 is 43.2 Å². The molecule has 1 fully saturated rings. The zero-order valence-electron chi connectivity index (χ0n) is 22.9. The predicted molar refractivity (Wildman–Crippen MR) is 142 cm³/mol. The Kier molecular flexibility index (Phi) is 13.9. The number of carboxylic acid groups (broad SMARTS) is 1. The summed E-state index contributed by atoms with van der Waals surface area (Å²) in [5, 5.41) is 58.6. The third-order valence-corrected chi connectivity index (χ3v) is 5.95. The second-order valence-electron chi connectivity index (χ2n) is 11.0. The SMILES string of the molecule is CC(C)(C)c1cc(C=NC2C(O)[C@H](O)[C@H](CO)O[C@H]2O)c(O)c(C(C)(C)C)c1.O.O=C(O)c1ccccn1.[Mn]. The van der Waals surface area contributed by atoms with Crippen molar-refractivity contribution in [3.8, 4) is 5.75 Å². The number of carboxylic acids is 1. The van der Waals surface area contributed by atoms with E-state index >= 15 is 0 Å². The number of aliphatic hydroxyl groups is 4. The van der Waals surface area contributed by atoms with Crippen LogP contribution in [0.2, 0.25) is 0 Å². The Morgan fingerprint density at radius 1 is 1.05 bits per heavy atom. The van der Waals surface area contributed by atoms with Crippen molar-refractivity contribution in [2.24, 2.45) is 4.99 Å². The largest absolute Gasteiger partial charge is 0.507 e. The molecule has 1 radical (unpaired) electrons. The molecule has 1 aromatic carbocycles. The molecule has 1 saturated heterocycles. The average Bonchev–Trinajstić information content (AvgIpc) is 2.81. The second kappa shape index (κ2) is 14.8. The molecule has 2 heterocycles. The van der Waals surface area contributed by atoms with Crippen LogP contribution in [0.5, 0.6) is 5.75 Å². The maximum absolute atomic E-state index is 10.8. The van der Waals surface area contributed by atoms with E-state index in [0.717, 1.165) is 11.1 Å². The van der Waals surface area contributed by atoms with Crippen molar-refractivity contribution >= 4 is 12.2 Å². The fraction of sp³-hybridized carbons (Fsp3) is 0.519. The van der Waals surface area contributed by atoms with Crippen molar-refractivity contribution in [2.45, 2.75) is 83.0 Å². The summed E-state index contributed by atoms with van der Waals surface area (Å²) in [6.45, 7) is 11.7. The van der Waals surface area contributed by atoms with Gasteiger partial charge in [0.2, 0.25) is 0 Å². The third-order valence-electron chi connectivity index (χ3n) is 5.95. The molecule has 0 bridgehead atoms. The topological polar surface area (TPSA) is 204 Å². The van der Waals surface area contributed by atoms with Crippen LogP contribution >= 0.6 is 0 Å². The number of carbonyl (C=O) groups is 1. The van der Waals surface area contributed by atoms with Crippen LogP contribution in [0.4, 0.5) is 0 Å². The van der Waals surface area contributed by atoms with Gasteiger partial charge < -0.3 is 40.9 Å². The van der Waals surface area contributed by atoms with Crippen LogP contribution in [0.25, 0.3) is 0 Å². The maximum atomic E-state index is 10.8. The van der Waals surface area contributed by atoms with Crippen LogP contribution in [0.3, 0.4) is 0 Å². The van der Waals surface area contributed by atoms with E-state index in [4.69, 9.17) is 14.9 Å². The van der Waals surface area contributed by atoms with Crippen LogP contribution in [-0.4, -0.2) is 90.5 Å². The van der Waals surface area contributed by atoms with Gasteiger partial charge in [-0.1, -0.05) is 53.7 Å². The van der Waals surface area contributed by atoms with Crippen molar-refractivity contribution in [3.63, 3.8) is 0 Å². The number of aromatic hydroxyl groups is 1. The number of aromatic nitrogens is 1. The van der Waals surface area contributed by atoms with Crippen molar-refractivity contribution in [1.29, 1.82) is 0 Å². The minimum Gasteiger partial charge on any atom is -0.507 e. The quantitative estimate of drug-likeness (QED) is 0.223. The van der Waals surface area contributed by atoms with E-state index in [1.807, 2.05) is 32.9 Å². The van der Waals surface area contributed by atoms with Crippen LogP contribution in [0.15, 0.2) is 41.5 Å². The molecule has 12 heteroatoms. The van der Waals surface area contributed by atoms with Gasteiger partial charge in [-0.2, -0.15) is 0 Å². The number of pyridine rings is 1. The van der Waals surface area contributed by atoms with E-state index in [0.29, 0.717) is 5.56 Å². The van der Waals surface area contributed by atoms with Gasteiger partial charge in [-0.3, -0.25) is 4.99 Å². The van der Waals surface area contributed by atoms with Gasteiger partial charge in [0.1, 0.15) is 35.8 Å². The van der Waals surface area contributed by atoms with Gasteiger partial charge in [-0.25, -0.2) is 9.78 Å². The summed E-state index contributed by atoms with van der Waals surface area (Å²) in [6.07, 6.45) is -2.53. The molecule has 2 unspecified atom stereocenters. The Morgan fingerprint density at radius 2 is 1.67 bits per heavy atom. The Morgan fingerprint density at radius 3 is 2.10 bits per heavy atom.